The smallest absolute Gasteiger partial charge is 0.228 e. The summed E-state index contributed by atoms with van der Waals surface area (Å²) in [4.78, 5) is 16.3. The Kier molecular flexibility index (Phi) is 3.42. The molecule has 1 amide bonds. The maximum Gasteiger partial charge on any atom is 0.228 e. The first-order chi connectivity index (χ1) is 9.81. The summed E-state index contributed by atoms with van der Waals surface area (Å²) in [6.07, 6.45) is 2.05. The van der Waals surface area contributed by atoms with Crippen molar-refractivity contribution in [3.8, 4) is 0 Å². The lowest BCUT2D eigenvalue weighted by Gasteiger charge is -2.06. The van der Waals surface area contributed by atoms with Crippen LogP contribution in [-0.2, 0) is 11.2 Å². The van der Waals surface area contributed by atoms with Crippen molar-refractivity contribution in [3.63, 3.8) is 0 Å². The van der Waals surface area contributed by atoms with Crippen molar-refractivity contribution in [1.29, 1.82) is 0 Å². The van der Waals surface area contributed by atoms with Gasteiger partial charge in [0.15, 0.2) is 0 Å². The molecule has 0 spiro atoms. The topological polar surface area (TPSA) is 42.0 Å². The number of fused-ring (bicyclic) bond motifs is 1. The van der Waals surface area contributed by atoms with Crippen molar-refractivity contribution < 1.29 is 4.79 Å². The summed E-state index contributed by atoms with van der Waals surface area (Å²) in [5.74, 6) is -0.0340. The van der Waals surface area contributed by atoms with Crippen LogP contribution in [0.4, 0.5) is 5.69 Å². The molecule has 2 aromatic carbocycles. The lowest BCUT2D eigenvalue weighted by Crippen LogP contribution is -2.14. The minimum atomic E-state index is -0.0340. The van der Waals surface area contributed by atoms with Crippen LogP contribution in [0.25, 0.3) is 10.9 Å². The fraction of sp³-hybridized carbons (Fsp3) is 0.0588. The van der Waals surface area contributed by atoms with Crippen LogP contribution in [0.5, 0.6) is 0 Å². The molecule has 98 valence electrons. The highest BCUT2D eigenvalue weighted by molar-refractivity contribution is 5.94. The highest BCUT2D eigenvalue weighted by Crippen LogP contribution is 2.16. The molecule has 3 nitrogen and oxygen atoms in total. The van der Waals surface area contributed by atoms with E-state index >= 15 is 0 Å². The van der Waals surface area contributed by atoms with Gasteiger partial charge in [-0.2, -0.15) is 0 Å². The number of anilines is 1. The molecule has 1 N–H and O–H groups in total. The van der Waals surface area contributed by atoms with Crippen molar-refractivity contribution >= 4 is 22.5 Å². The molecule has 0 aliphatic heterocycles. The summed E-state index contributed by atoms with van der Waals surface area (Å²) >= 11 is 0. The second-order valence-corrected chi connectivity index (χ2v) is 4.63. The first-order valence-corrected chi connectivity index (χ1v) is 6.50. The SMILES string of the molecule is O=C(Cc1ccccc1)Nc1cnc2ccccc2c1. The maximum atomic E-state index is 12.0. The van der Waals surface area contributed by atoms with Crippen molar-refractivity contribution in [2.45, 2.75) is 6.42 Å². The second kappa shape index (κ2) is 5.53. The Morgan fingerprint density at radius 1 is 1.00 bits per heavy atom. The van der Waals surface area contributed by atoms with Crippen molar-refractivity contribution in [3.05, 3.63) is 72.4 Å². The van der Waals surface area contributed by atoms with Crippen molar-refractivity contribution in [1.82, 2.24) is 4.98 Å². The van der Waals surface area contributed by atoms with Gasteiger partial charge in [-0.1, -0.05) is 48.5 Å². The number of nitrogens with one attached hydrogen (secondary N) is 1. The zero-order valence-electron chi connectivity index (χ0n) is 10.9. The predicted octanol–water partition coefficient (Wildman–Crippen LogP) is 3.42. The Hall–Kier alpha value is -2.68. The Balaban J connectivity index is 1.74. The van der Waals surface area contributed by atoms with Crippen LogP contribution in [0.1, 0.15) is 5.56 Å². The van der Waals surface area contributed by atoms with E-state index in [2.05, 4.69) is 10.3 Å². The number of carbonyl (C=O) groups excluding carboxylic acids is 1. The van der Waals surface area contributed by atoms with Crippen molar-refractivity contribution in [2.75, 3.05) is 5.32 Å². The van der Waals surface area contributed by atoms with E-state index in [0.29, 0.717) is 6.42 Å². The van der Waals surface area contributed by atoms with Gasteiger partial charge >= 0.3 is 0 Å². The molecule has 0 fully saturated rings. The Morgan fingerprint density at radius 3 is 2.60 bits per heavy atom. The molecular weight excluding hydrogens is 248 g/mol. The molecule has 0 atom stereocenters. The van der Waals surface area contributed by atoms with Gasteiger partial charge in [-0.3, -0.25) is 9.78 Å². The average molecular weight is 262 g/mol. The summed E-state index contributed by atoms with van der Waals surface area (Å²) in [6, 6.07) is 19.5. The number of carbonyl (C=O) groups is 1. The molecule has 0 saturated carbocycles. The van der Waals surface area contributed by atoms with Gasteiger partial charge in [0.05, 0.1) is 23.8 Å². The average Bonchev–Trinajstić information content (AvgIpc) is 2.48. The minimum Gasteiger partial charge on any atom is -0.324 e. The van der Waals surface area contributed by atoms with Crippen LogP contribution in [0.2, 0.25) is 0 Å². The van der Waals surface area contributed by atoms with Crippen LogP contribution in [0, 0.1) is 0 Å². The molecular formula is C17H14N2O. The molecule has 1 aromatic heterocycles. The van der Waals surface area contributed by atoms with Crippen LogP contribution in [-0.4, -0.2) is 10.9 Å². The predicted molar refractivity (Wildman–Crippen MR) is 80.5 cm³/mol. The van der Waals surface area contributed by atoms with Crippen molar-refractivity contribution in [2.24, 2.45) is 0 Å². The van der Waals surface area contributed by atoms with Gasteiger partial charge in [-0.25, -0.2) is 0 Å². The lowest BCUT2D eigenvalue weighted by atomic mass is 10.1. The van der Waals surface area contributed by atoms with E-state index in [1.807, 2.05) is 60.7 Å². The number of aromatic nitrogens is 1. The summed E-state index contributed by atoms with van der Waals surface area (Å²) in [7, 11) is 0. The molecule has 0 aliphatic rings. The number of pyridine rings is 1. The minimum absolute atomic E-state index is 0.0340. The van der Waals surface area contributed by atoms with E-state index in [1.165, 1.54) is 0 Å². The number of nitrogens with zero attached hydrogens (tertiary/aromatic N) is 1. The summed E-state index contributed by atoms with van der Waals surface area (Å²) in [5.41, 5.74) is 2.65. The third kappa shape index (κ3) is 2.83. The number of hydrogen-bond donors (Lipinski definition) is 1. The van der Waals surface area contributed by atoms with Gasteiger partial charge in [-0.05, 0) is 17.7 Å². The van der Waals surface area contributed by atoms with Gasteiger partial charge in [0.25, 0.3) is 0 Å². The van der Waals surface area contributed by atoms with Gasteiger partial charge in [0, 0.05) is 5.39 Å². The number of hydrogen-bond acceptors (Lipinski definition) is 2. The van der Waals surface area contributed by atoms with E-state index in [0.717, 1.165) is 22.2 Å². The first-order valence-electron chi connectivity index (χ1n) is 6.50. The van der Waals surface area contributed by atoms with E-state index in [1.54, 1.807) is 6.20 Å². The van der Waals surface area contributed by atoms with Crippen LogP contribution < -0.4 is 5.32 Å². The van der Waals surface area contributed by atoms with Crippen LogP contribution >= 0.6 is 0 Å². The molecule has 0 bridgehead atoms. The molecule has 1 heterocycles. The Labute approximate surface area is 117 Å². The van der Waals surface area contributed by atoms with Gasteiger partial charge < -0.3 is 5.32 Å². The quantitative estimate of drug-likeness (QED) is 0.786. The fourth-order valence-corrected chi connectivity index (χ4v) is 2.13. The largest absolute Gasteiger partial charge is 0.324 e. The summed E-state index contributed by atoms with van der Waals surface area (Å²) < 4.78 is 0. The van der Waals surface area contributed by atoms with Gasteiger partial charge in [0.1, 0.15) is 0 Å². The molecule has 0 radical (unpaired) electrons. The number of amides is 1. The van der Waals surface area contributed by atoms with E-state index in [-0.39, 0.29) is 5.91 Å². The monoisotopic (exact) mass is 262 g/mol. The standard InChI is InChI=1S/C17H14N2O/c20-17(10-13-6-2-1-3-7-13)19-15-11-14-8-4-5-9-16(14)18-12-15/h1-9,11-12H,10H2,(H,19,20). The number of rotatable bonds is 3. The Morgan fingerprint density at radius 2 is 1.75 bits per heavy atom. The van der Waals surface area contributed by atoms with Crippen LogP contribution in [0.15, 0.2) is 66.9 Å². The van der Waals surface area contributed by atoms with Crippen LogP contribution in [0.3, 0.4) is 0 Å². The fourth-order valence-electron chi connectivity index (χ4n) is 2.13. The molecule has 0 aliphatic carbocycles. The van der Waals surface area contributed by atoms with Gasteiger partial charge in [0.2, 0.25) is 5.91 Å². The first kappa shape index (κ1) is 12.4. The Bertz CT molecular complexity index is 738. The summed E-state index contributed by atoms with van der Waals surface area (Å²) in [5, 5.41) is 3.90. The zero-order chi connectivity index (χ0) is 13.8. The molecule has 0 unspecified atom stereocenters. The molecule has 20 heavy (non-hydrogen) atoms. The highest BCUT2D eigenvalue weighted by atomic mass is 16.1. The second-order valence-electron chi connectivity index (χ2n) is 4.63. The summed E-state index contributed by atoms with van der Waals surface area (Å²) in [6.45, 7) is 0. The van der Waals surface area contributed by atoms with E-state index in [9.17, 15) is 4.79 Å². The molecule has 3 heteroatoms. The molecule has 0 saturated heterocycles. The maximum absolute atomic E-state index is 12.0. The van der Waals surface area contributed by atoms with Gasteiger partial charge in [-0.15, -0.1) is 0 Å². The zero-order valence-corrected chi connectivity index (χ0v) is 10.9. The highest BCUT2D eigenvalue weighted by Gasteiger charge is 2.04. The third-order valence-corrected chi connectivity index (χ3v) is 3.08. The molecule has 3 rings (SSSR count). The normalized spacial score (nSPS) is 10.4. The number of benzene rings is 2. The molecule has 3 aromatic rings. The number of para-hydroxylation sites is 1. The third-order valence-electron chi connectivity index (χ3n) is 3.08. The lowest BCUT2D eigenvalue weighted by molar-refractivity contribution is -0.115. The van der Waals surface area contributed by atoms with E-state index in [4.69, 9.17) is 0 Å². The van der Waals surface area contributed by atoms with E-state index < -0.39 is 0 Å².